The summed E-state index contributed by atoms with van der Waals surface area (Å²) in [5, 5.41) is 0. The van der Waals surface area contributed by atoms with E-state index in [0.29, 0.717) is 6.42 Å². The van der Waals surface area contributed by atoms with Gasteiger partial charge in [-0.2, -0.15) is 0 Å². The second kappa shape index (κ2) is 19.5. The summed E-state index contributed by atoms with van der Waals surface area (Å²) < 4.78 is 6.74. The van der Waals surface area contributed by atoms with Gasteiger partial charge in [-0.1, -0.05) is 114 Å². The maximum Gasteiger partial charge on any atom is 0.306 e. The molecule has 0 aliphatic heterocycles. The van der Waals surface area contributed by atoms with Crippen molar-refractivity contribution in [3.05, 3.63) is 0 Å². The zero-order valence-electron chi connectivity index (χ0n) is 22.0. The molecule has 0 aromatic carbocycles. The van der Waals surface area contributed by atoms with Crippen molar-refractivity contribution >= 4 is 28.6 Å². The van der Waals surface area contributed by atoms with Crippen LogP contribution in [0, 0.1) is 17.8 Å². The second-order valence-corrected chi connectivity index (χ2v) is 12.3. The minimum atomic E-state index is 0.0649. The van der Waals surface area contributed by atoms with Crippen molar-refractivity contribution in [1.82, 2.24) is 0 Å². The number of carbonyl (C=O) groups is 1. The molecule has 0 amide bonds. The molecule has 0 heterocycles. The van der Waals surface area contributed by atoms with Crippen LogP contribution in [0.1, 0.15) is 150 Å². The van der Waals surface area contributed by atoms with E-state index in [4.69, 9.17) is 4.74 Å². The third-order valence-electron chi connectivity index (χ3n) is 7.69. The number of unbranched alkanes of at least 4 members (excludes halogenated alkanes) is 1. The predicted molar refractivity (Wildman–Crippen MR) is 149 cm³/mol. The lowest BCUT2D eigenvalue weighted by molar-refractivity contribution is -0.151. The number of carbonyl (C=O) groups excluding carboxylic acids is 1. The van der Waals surface area contributed by atoms with E-state index < -0.39 is 0 Å². The summed E-state index contributed by atoms with van der Waals surface area (Å²) >= 11 is 2.63. The molecule has 1 saturated carbocycles. The summed E-state index contributed by atoms with van der Waals surface area (Å²) in [5.74, 6) is 2.63. The highest BCUT2D eigenvalue weighted by molar-refractivity contribution is 14.1. The molecular weight excluding hydrogens is 507 g/mol. The van der Waals surface area contributed by atoms with Crippen LogP contribution in [0.3, 0.4) is 0 Å². The zero-order chi connectivity index (χ0) is 23.6. The van der Waals surface area contributed by atoms with Crippen LogP contribution in [0.2, 0.25) is 0 Å². The Morgan fingerprint density at radius 1 is 0.750 bits per heavy atom. The van der Waals surface area contributed by atoms with E-state index in [-0.39, 0.29) is 12.1 Å². The number of ether oxygens (including phenoxy) is 1. The Labute approximate surface area is 214 Å². The molecule has 0 aromatic rings. The Balaban J connectivity index is 2.25. The Bertz CT molecular complexity index is 444. The second-order valence-electron chi connectivity index (χ2n) is 10.6. The smallest absolute Gasteiger partial charge is 0.306 e. The van der Waals surface area contributed by atoms with Gasteiger partial charge in [-0.15, -0.1) is 0 Å². The maximum atomic E-state index is 12.5. The molecule has 3 atom stereocenters. The number of hydrogen-bond donors (Lipinski definition) is 0. The molecule has 0 radical (unpaired) electrons. The Hall–Kier alpha value is 0.200. The minimum Gasteiger partial charge on any atom is -0.462 e. The van der Waals surface area contributed by atoms with Crippen LogP contribution >= 0.6 is 22.6 Å². The average Bonchev–Trinajstić information content (AvgIpc) is 2.77. The fraction of sp³-hybridized carbons (Fsp3) is 0.966. The van der Waals surface area contributed by atoms with Crippen LogP contribution in [-0.4, -0.2) is 16.0 Å². The molecule has 1 rings (SSSR count). The summed E-state index contributed by atoms with van der Waals surface area (Å²) in [5.41, 5.74) is 0. The summed E-state index contributed by atoms with van der Waals surface area (Å²) in [6.07, 6.45) is 23.8. The van der Waals surface area contributed by atoms with E-state index in [9.17, 15) is 4.79 Å². The number of rotatable bonds is 19. The van der Waals surface area contributed by atoms with Gasteiger partial charge in [0.2, 0.25) is 0 Å². The average molecular weight is 563 g/mol. The van der Waals surface area contributed by atoms with Gasteiger partial charge in [0.25, 0.3) is 0 Å². The van der Waals surface area contributed by atoms with Gasteiger partial charge in [0, 0.05) is 10.3 Å². The molecule has 0 spiro atoms. The maximum absolute atomic E-state index is 12.5. The van der Waals surface area contributed by atoms with E-state index in [2.05, 4.69) is 50.3 Å². The van der Waals surface area contributed by atoms with E-state index in [1.54, 1.807) is 0 Å². The van der Waals surface area contributed by atoms with Crippen LogP contribution in [0.5, 0.6) is 0 Å². The van der Waals surface area contributed by atoms with E-state index in [1.165, 1.54) is 96.3 Å². The first kappa shape index (κ1) is 30.2. The van der Waals surface area contributed by atoms with E-state index in [1.807, 2.05) is 0 Å². The van der Waals surface area contributed by atoms with Crippen LogP contribution < -0.4 is 0 Å². The lowest BCUT2D eigenvalue weighted by Crippen LogP contribution is -2.28. The number of hydrogen-bond acceptors (Lipinski definition) is 2. The SMILES string of the molecule is CCCCC(CCC)C1CCC(OC(=O)CCCC(CCC)CCCC(I)CCC)CC1. The summed E-state index contributed by atoms with van der Waals surface area (Å²) in [6.45, 7) is 9.21. The molecule has 2 nitrogen and oxygen atoms in total. The molecule has 0 bridgehead atoms. The summed E-state index contributed by atoms with van der Waals surface area (Å²) in [6, 6.07) is 0. The number of halogens is 1. The third-order valence-corrected chi connectivity index (χ3v) is 8.94. The van der Waals surface area contributed by atoms with Crippen LogP contribution in [0.15, 0.2) is 0 Å². The molecule has 1 fully saturated rings. The van der Waals surface area contributed by atoms with Crippen molar-refractivity contribution in [2.24, 2.45) is 17.8 Å². The third kappa shape index (κ3) is 13.8. The largest absolute Gasteiger partial charge is 0.462 e. The van der Waals surface area contributed by atoms with Crippen molar-refractivity contribution in [1.29, 1.82) is 0 Å². The van der Waals surface area contributed by atoms with Gasteiger partial charge in [0.15, 0.2) is 0 Å². The van der Waals surface area contributed by atoms with Gasteiger partial charge in [-0.05, 0) is 69.1 Å². The lowest BCUT2D eigenvalue weighted by atomic mass is 9.75. The molecular formula is C29H55IO2. The monoisotopic (exact) mass is 562 g/mol. The molecule has 1 aliphatic rings. The first-order valence-corrected chi connectivity index (χ1v) is 15.6. The molecule has 0 N–H and O–H groups in total. The highest BCUT2D eigenvalue weighted by atomic mass is 127. The normalized spacial score (nSPS) is 21.8. The predicted octanol–water partition coefficient (Wildman–Crippen LogP) is 10.1. The Morgan fingerprint density at radius 2 is 1.41 bits per heavy atom. The van der Waals surface area contributed by atoms with E-state index >= 15 is 0 Å². The van der Waals surface area contributed by atoms with Gasteiger partial charge in [0.05, 0.1) is 0 Å². The minimum absolute atomic E-state index is 0.0649. The number of esters is 1. The van der Waals surface area contributed by atoms with Crippen molar-refractivity contribution in [3.8, 4) is 0 Å². The first-order valence-electron chi connectivity index (χ1n) is 14.4. The van der Waals surface area contributed by atoms with Crippen LogP contribution in [0.25, 0.3) is 0 Å². The molecule has 1 aliphatic carbocycles. The van der Waals surface area contributed by atoms with Crippen molar-refractivity contribution in [2.45, 2.75) is 160 Å². The van der Waals surface area contributed by atoms with Crippen molar-refractivity contribution < 1.29 is 9.53 Å². The van der Waals surface area contributed by atoms with Gasteiger partial charge >= 0.3 is 5.97 Å². The van der Waals surface area contributed by atoms with Gasteiger partial charge in [0.1, 0.15) is 6.10 Å². The standard InChI is InChI=1S/C29H55IO2/c1-5-9-17-25(13-7-3)26-20-22-28(23-21-26)32-29(31)19-11-16-24(12-6-2)15-10-18-27(30)14-8-4/h24-28H,5-23H2,1-4H3. The summed E-state index contributed by atoms with van der Waals surface area (Å²) in [4.78, 5) is 12.5. The Morgan fingerprint density at radius 3 is 2.03 bits per heavy atom. The van der Waals surface area contributed by atoms with Gasteiger partial charge < -0.3 is 4.74 Å². The highest BCUT2D eigenvalue weighted by Crippen LogP contribution is 2.36. The van der Waals surface area contributed by atoms with Gasteiger partial charge in [-0.3, -0.25) is 4.79 Å². The molecule has 0 aromatic heterocycles. The lowest BCUT2D eigenvalue weighted by Gasteiger charge is -2.34. The van der Waals surface area contributed by atoms with Crippen LogP contribution in [0.4, 0.5) is 0 Å². The van der Waals surface area contributed by atoms with E-state index in [0.717, 1.165) is 40.9 Å². The van der Waals surface area contributed by atoms with Crippen LogP contribution in [-0.2, 0) is 9.53 Å². The molecule has 0 saturated heterocycles. The van der Waals surface area contributed by atoms with Gasteiger partial charge in [-0.25, -0.2) is 0 Å². The summed E-state index contributed by atoms with van der Waals surface area (Å²) in [7, 11) is 0. The number of alkyl halides is 1. The van der Waals surface area contributed by atoms with Crippen molar-refractivity contribution in [3.63, 3.8) is 0 Å². The topological polar surface area (TPSA) is 26.3 Å². The Kier molecular flexibility index (Phi) is 18.4. The molecule has 3 unspecified atom stereocenters. The van der Waals surface area contributed by atoms with Crippen molar-refractivity contribution in [2.75, 3.05) is 0 Å². The molecule has 190 valence electrons. The highest BCUT2D eigenvalue weighted by Gasteiger charge is 2.28. The fourth-order valence-corrected chi connectivity index (χ4v) is 6.90. The molecule has 32 heavy (non-hydrogen) atoms. The molecule has 3 heteroatoms. The fourth-order valence-electron chi connectivity index (χ4n) is 5.84. The zero-order valence-corrected chi connectivity index (χ0v) is 24.2. The quantitative estimate of drug-likeness (QED) is 0.0890. The first-order chi connectivity index (χ1) is 15.5.